The minimum atomic E-state index is -0.436. The monoisotopic (exact) mass is 373 g/mol. The van der Waals surface area contributed by atoms with Crippen LogP contribution < -0.4 is 10.6 Å². The molecule has 138 valence electrons. The van der Waals surface area contributed by atoms with Gasteiger partial charge in [-0.2, -0.15) is 0 Å². The van der Waals surface area contributed by atoms with E-state index in [4.69, 9.17) is 0 Å². The van der Waals surface area contributed by atoms with E-state index >= 15 is 0 Å². The van der Waals surface area contributed by atoms with Crippen LogP contribution in [0, 0.1) is 6.92 Å². The zero-order chi connectivity index (χ0) is 18.4. The van der Waals surface area contributed by atoms with Crippen molar-refractivity contribution in [3.63, 3.8) is 0 Å². The molecular formula is C18H23N5O2S. The number of benzene rings is 1. The van der Waals surface area contributed by atoms with Gasteiger partial charge in [-0.15, -0.1) is 10.2 Å². The zero-order valence-corrected chi connectivity index (χ0v) is 15.6. The fourth-order valence-electron chi connectivity index (χ4n) is 2.86. The highest BCUT2D eigenvalue weighted by Crippen LogP contribution is 2.18. The average molecular weight is 373 g/mol. The number of aromatic nitrogens is 3. The summed E-state index contributed by atoms with van der Waals surface area (Å²) >= 11 is 1.34. The molecule has 1 aliphatic rings. The number of carbonyl (C=O) groups excluding carboxylic acids is 2. The van der Waals surface area contributed by atoms with E-state index in [0.717, 1.165) is 24.2 Å². The highest BCUT2D eigenvalue weighted by atomic mass is 32.2. The van der Waals surface area contributed by atoms with Gasteiger partial charge in [0.1, 0.15) is 11.9 Å². The number of thioether (sulfide) groups is 1. The number of nitrogens with zero attached hydrogens (tertiary/aromatic N) is 3. The van der Waals surface area contributed by atoms with E-state index in [1.807, 2.05) is 41.8 Å². The molecule has 2 aromatic rings. The first-order valence-electron chi connectivity index (χ1n) is 8.77. The van der Waals surface area contributed by atoms with Gasteiger partial charge in [-0.3, -0.25) is 9.59 Å². The second kappa shape index (κ2) is 8.84. The molecule has 3 rings (SSSR count). The molecule has 26 heavy (non-hydrogen) atoms. The Morgan fingerprint density at radius 1 is 1.31 bits per heavy atom. The third-order valence-electron chi connectivity index (χ3n) is 4.29. The third kappa shape index (κ3) is 4.85. The first-order chi connectivity index (χ1) is 12.6. The Morgan fingerprint density at radius 2 is 2.12 bits per heavy atom. The molecule has 2 N–H and O–H groups in total. The molecule has 2 heterocycles. The average Bonchev–Trinajstić information content (AvgIpc) is 2.85. The lowest BCUT2D eigenvalue weighted by Crippen LogP contribution is -2.46. The summed E-state index contributed by atoms with van der Waals surface area (Å²) in [5.74, 6) is 0.754. The molecule has 0 bridgehead atoms. The first-order valence-corrected chi connectivity index (χ1v) is 9.75. The smallest absolute Gasteiger partial charge is 0.242 e. The normalized spacial score (nSPS) is 17.4. The molecule has 0 aliphatic carbocycles. The Bertz CT molecular complexity index is 762. The number of rotatable bonds is 6. The van der Waals surface area contributed by atoms with Crippen molar-refractivity contribution in [2.24, 2.45) is 0 Å². The van der Waals surface area contributed by atoms with E-state index < -0.39 is 6.04 Å². The van der Waals surface area contributed by atoms with Crippen molar-refractivity contribution in [1.82, 2.24) is 25.4 Å². The molecule has 0 spiro atoms. The Labute approximate surface area is 157 Å². The molecule has 1 aromatic heterocycles. The van der Waals surface area contributed by atoms with Crippen LogP contribution >= 0.6 is 11.8 Å². The fourth-order valence-corrected chi connectivity index (χ4v) is 3.65. The molecule has 8 heteroatoms. The predicted molar refractivity (Wildman–Crippen MR) is 99.8 cm³/mol. The Morgan fingerprint density at radius 3 is 2.92 bits per heavy atom. The molecule has 1 atom stereocenters. The quantitative estimate of drug-likeness (QED) is 0.750. The molecule has 0 saturated carbocycles. The van der Waals surface area contributed by atoms with Crippen LogP contribution in [0.4, 0.5) is 0 Å². The van der Waals surface area contributed by atoms with Crippen molar-refractivity contribution in [2.45, 2.75) is 43.9 Å². The van der Waals surface area contributed by atoms with Gasteiger partial charge >= 0.3 is 0 Å². The molecule has 1 saturated heterocycles. The van der Waals surface area contributed by atoms with E-state index in [1.165, 1.54) is 11.8 Å². The Hall–Kier alpha value is -2.35. The third-order valence-corrected chi connectivity index (χ3v) is 5.25. The number of hydrogen-bond acceptors (Lipinski definition) is 5. The first kappa shape index (κ1) is 18.4. The number of nitrogens with one attached hydrogen (secondary N) is 2. The number of aryl methyl sites for hydroxylation is 1. The number of carbonyl (C=O) groups is 2. The maximum absolute atomic E-state index is 12.2. The van der Waals surface area contributed by atoms with Crippen molar-refractivity contribution >= 4 is 23.6 Å². The summed E-state index contributed by atoms with van der Waals surface area (Å²) in [7, 11) is 0. The number of amides is 2. The maximum atomic E-state index is 12.2. The van der Waals surface area contributed by atoms with Gasteiger partial charge in [0, 0.05) is 6.54 Å². The molecule has 1 fully saturated rings. The van der Waals surface area contributed by atoms with Gasteiger partial charge in [-0.25, -0.2) is 0 Å². The summed E-state index contributed by atoms with van der Waals surface area (Å²) in [6.45, 7) is 3.24. The van der Waals surface area contributed by atoms with Gasteiger partial charge in [0.25, 0.3) is 0 Å². The van der Waals surface area contributed by atoms with E-state index in [-0.39, 0.29) is 17.6 Å². The summed E-state index contributed by atoms with van der Waals surface area (Å²) < 4.78 is 1.99. The van der Waals surface area contributed by atoms with Gasteiger partial charge in [0.15, 0.2) is 5.16 Å². The lowest BCUT2D eigenvalue weighted by atomic mass is 10.1. The van der Waals surface area contributed by atoms with Crippen LogP contribution in [0.3, 0.4) is 0 Å². The second-order valence-electron chi connectivity index (χ2n) is 6.30. The lowest BCUT2D eigenvalue weighted by molar-refractivity contribution is -0.127. The van der Waals surface area contributed by atoms with Gasteiger partial charge in [0.05, 0.1) is 12.3 Å². The predicted octanol–water partition coefficient (Wildman–Crippen LogP) is 1.51. The number of hydrogen-bond donors (Lipinski definition) is 2. The minimum Gasteiger partial charge on any atom is -0.354 e. The van der Waals surface area contributed by atoms with Gasteiger partial charge in [-0.05, 0) is 31.7 Å². The zero-order valence-electron chi connectivity index (χ0n) is 14.8. The van der Waals surface area contributed by atoms with E-state index in [0.29, 0.717) is 24.7 Å². The van der Waals surface area contributed by atoms with Crippen molar-refractivity contribution in [3.8, 4) is 0 Å². The summed E-state index contributed by atoms with van der Waals surface area (Å²) in [6.07, 6.45) is 2.57. The van der Waals surface area contributed by atoms with Crippen LogP contribution in [0.5, 0.6) is 0 Å². The molecule has 7 nitrogen and oxygen atoms in total. The SMILES string of the molecule is Cc1nnc(SCC(=O)N[C@H]2CCCCNC2=O)n1Cc1ccccc1. The van der Waals surface area contributed by atoms with Gasteiger partial charge < -0.3 is 15.2 Å². The maximum Gasteiger partial charge on any atom is 0.242 e. The van der Waals surface area contributed by atoms with E-state index in [9.17, 15) is 9.59 Å². The highest BCUT2D eigenvalue weighted by Gasteiger charge is 2.22. The summed E-state index contributed by atoms with van der Waals surface area (Å²) in [5, 5.41) is 14.7. The van der Waals surface area contributed by atoms with Crippen molar-refractivity contribution in [3.05, 3.63) is 41.7 Å². The van der Waals surface area contributed by atoms with Crippen LogP contribution in [0.25, 0.3) is 0 Å². The molecule has 0 radical (unpaired) electrons. The lowest BCUT2D eigenvalue weighted by Gasteiger charge is -2.15. The molecule has 1 aromatic carbocycles. The largest absolute Gasteiger partial charge is 0.354 e. The fraction of sp³-hybridized carbons (Fsp3) is 0.444. The van der Waals surface area contributed by atoms with Crippen LogP contribution in [0.2, 0.25) is 0 Å². The molecular weight excluding hydrogens is 350 g/mol. The molecule has 0 unspecified atom stereocenters. The van der Waals surface area contributed by atoms with Crippen LogP contribution in [-0.2, 0) is 16.1 Å². The van der Waals surface area contributed by atoms with Crippen molar-refractivity contribution in [1.29, 1.82) is 0 Å². The summed E-state index contributed by atoms with van der Waals surface area (Å²) in [5.41, 5.74) is 1.15. The van der Waals surface area contributed by atoms with Gasteiger partial charge in [-0.1, -0.05) is 42.1 Å². The summed E-state index contributed by atoms with van der Waals surface area (Å²) in [6, 6.07) is 9.62. The Kier molecular flexibility index (Phi) is 6.27. The van der Waals surface area contributed by atoms with Crippen molar-refractivity contribution < 1.29 is 9.59 Å². The second-order valence-corrected chi connectivity index (χ2v) is 7.24. The molecule has 1 aliphatic heterocycles. The molecule has 2 amide bonds. The highest BCUT2D eigenvalue weighted by molar-refractivity contribution is 7.99. The van der Waals surface area contributed by atoms with Crippen LogP contribution in [-0.4, -0.2) is 44.9 Å². The van der Waals surface area contributed by atoms with Crippen molar-refractivity contribution in [2.75, 3.05) is 12.3 Å². The van der Waals surface area contributed by atoms with Crippen LogP contribution in [0.15, 0.2) is 35.5 Å². The standard InChI is InChI=1S/C18H23N5O2S/c1-13-21-22-18(23(13)11-14-7-3-2-4-8-14)26-12-16(24)20-15-9-5-6-10-19-17(15)25/h2-4,7-8,15H,5-6,9-12H2,1H3,(H,19,25)(H,20,24)/t15-/m0/s1. The Balaban J connectivity index is 1.57. The van der Waals surface area contributed by atoms with E-state index in [1.54, 1.807) is 0 Å². The van der Waals surface area contributed by atoms with E-state index in [2.05, 4.69) is 20.8 Å². The summed E-state index contributed by atoms with van der Waals surface area (Å²) in [4.78, 5) is 24.2. The topological polar surface area (TPSA) is 88.9 Å². The van der Waals surface area contributed by atoms with Crippen LogP contribution in [0.1, 0.15) is 30.7 Å². The minimum absolute atomic E-state index is 0.0936. The van der Waals surface area contributed by atoms with Gasteiger partial charge in [0.2, 0.25) is 11.8 Å².